The summed E-state index contributed by atoms with van der Waals surface area (Å²) in [4.78, 5) is 15.2. The molecule has 0 saturated carbocycles. The average molecular weight is 313 g/mol. The molecule has 1 saturated heterocycles. The van der Waals surface area contributed by atoms with Crippen molar-refractivity contribution in [3.63, 3.8) is 0 Å². The molecule has 0 radical (unpaired) electrons. The number of rotatable bonds is 9. The van der Waals surface area contributed by atoms with Crippen molar-refractivity contribution in [3.05, 3.63) is 42.0 Å². The molecule has 126 valence electrons. The van der Waals surface area contributed by atoms with E-state index >= 15 is 0 Å². The standard InChI is InChI=1S/C21H31NO/c1-2-3-6-13-20(18-22-16-9-5-10-17-22)21(23)15-14-19-11-7-4-8-12-19/h4,7-8,11-12,14-15,20H,2-3,5-6,9-10,13,16-18H2,1H3/b15-14-/t20-/m1/s1. The molecule has 0 unspecified atom stereocenters. The molecule has 1 aliphatic heterocycles. The third kappa shape index (κ3) is 6.70. The first-order chi connectivity index (χ1) is 11.3. The minimum atomic E-state index is 0.166. The molecule has 2 heteroatoms. The lowest BCUT2D eigenvalue weighted by Crippen LogP contribution is -2.36. The highest BCUT2D eigenvalue weighted by molar-refractivity contribution is 5.95. The third-order valence-corrected chi connectivity index (χ3v) is 4.73. The number of carbonyl (C=O) groups is 1. The summed E-state index contributed by atoms with van der Waals surface area (Å²) >= 11 is 0. The predicted molar refractivity (Wildman–Crippen MR) is 98.4 cm³/mol. The van der Waals surface area contributed by atoms with Crippen molar-refractivity contribution in [2.75, 3.05) is 19.6 Å². The Morgan fingerprint density at radius 1 is 1.13 bits per heavy atom. The van der Waals surface area contributed by atoms with Crippen LogP contribution in [0.25, 0.3) is 6.08 Å². The van der Waals surface area contributed by atoms with E-state index in [0.29, 0.717) is 5.78 Å². The Morgan fingerprint density at radius 2 is 1.87 bits per heavy atom. The van der Waals surface area contributed by atoms with E-state index in [0.717, 1.165) is 18.5 Å². The summed E-state index contributed by atoms with van der Waals surface area (Å²) in [5, 5.41) is 0. The van der Waals surface area contributed by atoms with Crippen LogP contribution in [-0.2, 0) is 4.79 Å². The van der Waals surface area contributed by atoms with Crippen molar-refractivity contribution < 1.29 is 4.79 Å². The molecule has 2 nitrogen and oxygen atoms in total. The molecule has 1 fully saturated rings. The Bertz CT molecular complexity index is 474. The van der Waals surface area contributed by atoms with Gasteiger partial charge in [-0.3, -0.25) is 4.79 Å². The van der Waals surface area contributed by atoms with Gasteiger partial charge < -0.3 is 4.90 Å². The van der Waals surface area contributed by atoms with E-state index in [9.17, 15) is 4.79 Å². The van der Waals surface area contributed by atoms with Crippen LogP contribution >= 0.6 is 0 Å². The van der Waals surface area contributed by atoms with Crippen molar-refractivity contribution >= 4 is 11.9 Å². The van der Waals surface area contributed by atoms with E-state index < -0.39 is 0 Å². The summed E-state index contributed by atoms with van der Waals surface area (Å²) in [7, 11) is 0. The maximum Gasteiger partial charge on any atom is 0.160 e. The molecule has 1 aromatic rings. The lowest BCUT2D eigenvalue weighted by Gasteiger charge is -2.29. The Hall–Kier alpha value is -1.41. The lowest BCUT2D eigenvalue weighted by molar-refractivity contribution is -0.119. The van der Waals surface area contributed by atoms with Gasteiger partial charge in [-0.15, -0.1) is 0 Å². The Kier molecular flexibility index (Phi) is 8.10. The minimum absolute atomic E-state index is 0.166. The topological polar surface area (TPSA) is 20.3 Å². The summed E-state index contributed by atoms with van der Waals surface area (Å²) in [5.74, 6) is 0.468. The highest BCUT2D eigenvalue weighted by Gasteiger charge is 2.20. The normalized spacial score (nSPS) is 17.4. The van der Waals surface area contributed by atoms with Gasteiger partial charge in [0.2, 0.25) is 0 Å². The van der Waals surface area contributed by atoms with Crippen molar-refractivity contribution in [2.24, 2.45) is 5.92 Å². The number of likely N-dealkylation sites (tertiary alicyclic amines) is 1. The van der Waals surface area contributed by atoms with Crippen LogP contribution < -0.4 is 0 Å². The molecule has 2 rings (SSSR count). The molecule has 1 heterocycles. The minimum Gasteiger partial charge on any atom is -0.303 e. The van der Waals surface area contributed by atoms with E-state index in [1.54, 1.807) is 6.08 Å². The van der Waals surface area contributed by atoms with Crippen LogP contribution in [0, 0.1) is 5.92 Å². The number of allylic oxidation sites excluding steroid dienone is 1. The SMILES string of the molecule is CCCCC[C@H](CN1CCCCC1)C(=O)/C=C\c1ccccc1. The Labute approximate surface area is 141 Å². The summed E-state index contributed by atoms with van der Waals surface area (Å²) < 4.78 is 0. The van der Waals surface area contributed by atoms with Gasteiger partial charge >= 0.3 is 0 Å². The van der Waals surface area contributed by atoms with Gasteiger partial charge in [-0.25, -0.2) is 0 Å². The fourth-order valence-electron chi connectivity index (χ4n) is 3.30. The average Bonchev–Trinajstić information content (AvgIpc) is 2.61. The van der Waals surface area contributed by atoms with Crippen LogP contribution in [0.1, 0.15) is 57.4 Å². The second-order valence-electron chi connectivity index (χ2n) is 6.70. The van der Waals surface area contributed by atoms with Crippen molar-refractivity contribution in [2.45, 2.75) is 51.9 Å². The third-order valence-electron chi connectivity index (χ3n) is 4.73. The summed E-state index contributed by atoms with van der Waals surface area (Å²) in [6.45, 7) is 5.50. The maximum atomic E-state index is 12.7. The molecule has 0 bridgehead atoms. The predicted octanol–water partition coefficient (Wildman–Crippen LogP) is 4.95. The number of piperidine rings is 1. The summed E-state index contributed by atoms with van der Waals surface area (Å²) in [6, 6.07) is 10.1. The first-order valence-electron chi connectivity index (χ1n) is 9.29. The van der Waals surface area contributed by atoms with Crippen LogP contribution in [0.5, 0.6) is 0 Å². The fraction of sp³-hybridized carbons (Fsp3) is 0.571. The lowest BCUT2D eigenvalue weighted by atomic mass is 9.94. The highest BCUT2D eigenvalue weighted by atomic mass is 16.1. The van der Waals surface area contributed by atoms with Crippen molar-refractivity contribution in [1.29, 1.82) is 0 Å². The van der Waals surface area contributed by atoms with Gasteiger partial charge in [-0.2, -0.15) is 0 Å². The maximum absolute atomic E-state index is 12.7. The van der Waals surface area contributed by atoms with E-state index in [4.69, 9.17) is 0 Å². The quantitative estimate of drug-likeness (QED) is 0.475. The molecule has 1 atom stereocenters. The molecule has 23 heavy (non-hydrogen) atoms. The number of carbonyl (C=O) groups excluding carboxylic acids is 1. The molecule has 1 aromatic carbocycles. The molecular formula is C21H31NO. The second-order valence-corrected chi connectivity index (χ2v) is 6.70. The Balaban J connectivity index is 1.93. The number of benzene rings is 1. The smallest absolute Gasteiger partial charge is 0.160 e. The molecule has 0 aromatic heterocycles. The van der Waals surface area contributed by atoms with Crippen molar-refractivity contribution in [1.82, 2.24) is 4.90 Å². The van der Waals surface area contributed by atoms with Gasteiger partial charge in [0.25, 0.3) is 0 Å². The molecule has 0 spiro atoms. The van der Waals surface area contributed by atoms with Gasteiger partial charge in [-0.1, -0.05) is 69.0 Å². The zero-order chi connectivity index (χ0) is 16.3. The monoisotopic (exact) mass is 313 g/mol. The van der Waals surface area contributed by atoms with Crippen LogP contribution in [0.15, 0.2) is 36.4 Å². The molecule has 1 aliphatic rings. The van der Waals surface area contributed by atoms with E-state index in [2.05, 4.69) is 11.8 Å². The van der Waals surface area contributed by atoms with E-state index in [1.165, 1.54) is 51.6 Å². The van der Waals surface area contributed by atoms with E-state index in [1.807, 2.05) is 36.4 Å². The number of nitrogens with zero attached hydrogens (tertiary/aromatic N) is 1. The first kappa shape index (κ1) is 17.9. The number of hydrogen-bond donors (Lipinski definition) is 0. The zero-order valence-corrected chi connectivity index (χ0v) is 14.5. The van der Waals surface area contributed by atoms with Crippen LogP contribution in [0.3, 0.4) is 0 Å². The van der Waals surface area contributed by atoms with Crippen LogP contribution in [-0.4, -0.2) is 30.3 Å². The summed E-state index contributed by atoms with van der Waals surface area (Å²) in [5.41, 5.74) is 1.10. The molecule has 0 N–H and O–H groups in total. The van der Waals surface area contributed by atoms with Crippen LogP contribution in [0.4, 0.5) is 0 Å². The second kappa shape index (κ2) is 10.4. The fourth-order valence-corrected chi connectivity index (χ4v) is 3.30. The van der Waals surface area contributed by atoms with Gasteiger partial charge in [0, 0.05) is 12.5 Å². The van der Waals surface area contributed by atoms with E-state index in [-0.39, 0.29) is 5.92 Å². The van der Waals surface area contributed by atoms with Gasteiger partial charge in [0.15, 0.2) is 5.78 Å². The molecular weight excluding hydrogens is 282 g/mol. The van der Waals surface area contributed by atoms with Gasteiger partial charge in [-0.05, 0) is 44.0 Å². The number of ketones is 1. The zero-order valence-electron chi connectivity index (χ0n) is 14.5. The van der Waals surface area contributed by atoms with Crippen molar-refractivity contribution in [3.8, 4) is 0 Å². The largest absolute Gasteiger partial charge is 0.303 e. The molecule has 0 amide bonds. The number of hydrogen-bond acceptors (Lipinski definition) is 2. The number of unbranched alkanes of at least 4 members (excludes halogenated alkanes) is 2. The van der Waals surface area contributed by atoms with Crippen LogP contribution in [0.2, 0.25) is 0 Å². The Morgan fingerprint density at radius 3 is 2.57 bits per heavy atom. The first-order valence-corrected chi connectivity index (χ1v) is 9.29. The highest BCUT2D eigenvalue weighted by Crippen LogP contribution is 2.17. The molecule has 0 aliphatic carbocycles. The van der Waals surface area contributed by atoms with Gasteiger partial charge in [0.1, 0.15) is 0 Å². The summed E-state index contributed by atoms with van der Waals surface area (Å²) in [6.07, 6.45) is 12.3. The van der Waals surface area contributed by atoms with Gasteiger partial charge in [0.05, 0.1) is 0 Å².